The lowest BCUT2D eigenvalue weighted by molar-refractivity contribution is -0.0412. The van der Waals surface area contributed by atoms with Crippen molar-refractivity contribution < 1.29 is 14.3 Å². The van der Waals surface area contributed by atoms with Crippen LogP contribution in [0.15, 0.2) is 36.4 Å². The van der Waals surface area contributed by atoms with Gasteiger partial charge >= 0.3 is 0 Å². The van der Waals surface area contributed by atoms with Crippen LogP contribution in [0.3, 0.4) is 0 Å². The summed E-state index contributed by atoms with van der Waals surface area (Å²) in [6.45, 7) is 9.03. The molecule has 2 aromatic carbocycles. The number of unbranched alkanes of at least 4 members (excludes halogenated alkanes) is 1. The number of hydrogen-bond donors (Lipinski definition) is 1. The van der Waals surface area contributed by atoms with Crippen LogP contribution in [-0.4, -0.2) is 67.0 Å². The zero-order chi connectivity index (χ0) is 27.9. The van der Waals surface area contributed by atoms with Crippen LogP contribution in [0.1, 0.15) is 72.2 Å². The molecule has 2 aromatic rings. The van der Waals surface area contributed by atoms with Crippen molar-refractivity contribution in [2.75, 3.05) is 33.2 Å². The zero-order valence-electron chi connectivity index (χ0n) is 23.7. The van der Waals surface area contributed by atoms with Gasteiger partial charge in [0.2, 0.25) is 0 Å². The number of nitrogens with one attached hydrogen (secondary N) is 1. The molecule has 1 saturated heterocycles. The van der Waals surface area contributed by atoms with E-state index in [0.717, 1.165) is 61.3 Å². The average Bonchev–Trinajstić information content (AvgIpc) is 2.87. The summed E-state index contributed by atoms with van der Waals surface area (Å²) in [5, 5.41) is 5.92. The summed E-state index contributed by atoms with van der Waals surface area (Å²) in [7, 11) is 2.07. The molecule has 1 heterocycles. The van der Waals surface area contributed by atoms with E-state index < -0.39 is 0 Å². The summed E-state index contributed by atoms with van der Waals surface area (Å²) in [6, 6.07) is 11.1. The van der Waals surface area contributed by atoms with Crippen molar-refractivity contribution >= 4 is 35.7 Å². The maximum absolute atomic E-state index is 13.1. The van der Waals surface area contributed by atoms with E-state index in [1.807, 2.05) is 24.8 Å². The Morgan fingerprint density at radius 3 is 2.54 bits per heavy atom. The monoisotopic (exact) mass is 551 g/mol. The predicted octanol–water partition coefficient (Wildman–Crippen LogP) is 4.36. The van der Waals surface area contributed by atoms with Crippen LogP contribution >= 0.6 is 11.6 Å². The van der Waals surface area contributed by atoms with Gasteiger partial charge in [-0.25, -0.2) is 0 Å². The molecule has 1 atom stereocenters. The van der Waals surface area contributed by atoms with E-state index in [1.54, 1.807) is 24.3 Å². The molecule has 6 nitrogen and oxygen atoms in total. The maximum atomic E-state index is 13.1. The molecule has 1 saturated carbocycles. The van der Waals surface area contributed by atoms with Gasteiger partial charge in [-0.1, -0.05) is 37.1 Å². The number of carbonyl (C=O) groups is 2. The highest BCUT2D eigenvalue weighted by Crippen LogP contribution is 2.23. The van der Waals surface area contributed by atoms with Crippen LogP contribution in [0.2, 0.25) is 5.02 Å². The third-order valence-electron chi connectivity index (χ3n) is 7.70. The minimum atomic E-state index is -0.0637. The van der Waals surface area contributed by atoms with Crippen molar-refractivity contribution in [3.8, 4) is 0 Å². The van der Waals surface area contributed by atoms with Crippen molar-refractivity contribution in [1.82, 2.24) is 15.1 Å². The maximum Gasteiger partial charge on any atom is 0.253 e. The third-order valence-corrected chi connectivity index (χ3v) is 7.96. The van der Waals surface area contributed by atoms with E-state index in [4.69, 9.17) is 16.3 Å². The fraction of sp³-hybridized carbons (Fsp3) is 0.500. The topological polar surface area (TPSA) is 61.9 Å². The van der Waals surface area contributed by atoms with Gasteiger partial charge in [0.05, 0.1) is 12.2 Å². The Balaban J connectivity index is 1.41. The predicted molar refractivity (Wildman–Crippen MR) is 158 cm³/mol. The molecular formula is C32H42ClN3O3. The second kappa shape index (κ2) is 13.5. The van der Waals surface area contributed by atoms with Crippen LogP contribution in [-0.2, 0) is 4.74 Å². The van der Waals surface area contributed by atoms with Gasteiger partial charge in [0.25, 0.3) is 11.8 Å². The second-order valence-electron chi connectivity index (χ2n) is 11.1. The Labute approximate surface area is 237 Å². The highest BCUT2D eigenvalue weighted by molar-refractivity contribution is 6.30. The number of halogens is 1. The normalized spacial score (nSPS) is 17.5. The molecule has 7 heteroatoms. The first-order valence-electron chi connectivity index (χ1n) is 14.3. The summed E-state index contributed by atoms with van der Waals surface area (Å²) >= 11 is 5.96. The highest BCUT2D eigenvalue weighted by atomic mass is 35.5. The minimum absolute atomic E-state index is 0.00231. The number of likely N-dealkylation sites (tertiary alicyclic amines) is 1. The smallest absolute Gasteiger partial charge is 0.253 e. The van der Waals surface area contributed by atoms with Gasteiger partial charge < -0.3 is 19.9 Å². The van der Waals surface area contributed by atoms with Gasteiger partial charge in [-0.2, -0.15) is 0 Å². The van der Waals surface area contributed by atoms with Crippen LogP contribution in [0, 0.1) is 12.8 Å². The summed E-state index contributed by atoms with van der Waals surface area (Å²) in [5.74, 6) is 0.383. The summed E-state index contributed by atoms with van der Waals surface area (Å²) in [4.78, 5) is 29.9. The molecule has 1 aliphatic heterocycles. The molecule has 2 aliphatic rings. The fourth-order valence-electron chi connectivity index (χ4n) is 5.17. The van der Waals surface area contributed by atoms with E-state index in [2.05, 4.69) is 42.5 Å². The zero-order valence-corrected chi connectivity index (χ0v) is 24.5. The average molecular weight is 552 g/mol. The molecule has 2 amide bonds. The largest absolute Gasteiger partial charge is 0.380 e. The number of ether oxygens (including phenoxy) is 1. The number of benzene rings is 2. The molecular weight excluding hydrogens is 510 g/mol. The molecule has 39 heavy (non-hydrogen) atoms. The fourth-order valence-corrected chi connectivity index (χ4v) is 5.29. The molecule has 2 fully saturated rings. The van der Waals surface area contributed by atoms with E-state index >= 15 is 0 Å². The standard InChI is InChI=1S/C32H42ClN3O3/c1-5-6-8-25-13-16-29(31(37)34-17-22(2)39-28-9-7-10-28)23(3)30(25)21-35(4)18-24-19-36(20-24)32(38)26-11-14-27(33)15-12-26/h8,11-16,21-22,24,28H,5-7,9-10,17-20H2,1-4H3,(H,34,37)/b25-8+,30-21-/t22-/m1/s1. The molecule has 0 unspecified atom stereocenters. The quantitative estimate of drug-likeness (QED) is 0.451. The lowest BCUT2D eigenvalue weighted by atomic mass is 9.96. The molecule has 0 aromatic heterocycles. The van der Waals surface area contributed by atoms with Crippen LogP contribution in [0.4, 0.5) is 0 Å². The van der Waals surface area contributed by atoms with E-state index in [1.165, 1.54) is 6.42 Å². The van der Waals surface area contributed by atoms with Crippen molar-refractivity contribution in [2.45, 2.75) is 65.1 Å². The summed E-state index contributed by atoms with van der Waals surface area (Å²) in [6.07, 6.45) is 10.3. The Hall–Kier alpha value is -2.83. The number of hydrogen-bond acceptors (Lipinski definition) is 4. The minimum Gasteiger partial charge on any atom is -0.380 e. The summed E-state index contributed by atoms with van der Waals surface area (Å²) < 4.78 is 5.99. The van der Waals surface area contributed by atoms with E-state index in [0.29, 0.717) is 34.7 Å². The lowest BCUT2D eigenvalue weighted by Crippen LogP contribution is -2.53. The van der Waals surface area contributed by atoms with Crippen molar-refractivity contribution in [3.63, 3.8) is 0 Å². The first kappa shape index (κ1) is 29.2. The van der Waals surface area contributed by atoms with Crippen molar-refractivity contribution in [1.29, 1.82) is 0 Å². The lowest BCUT2D eigenvalue weighted by Gasteiger charge is -2.41. The molecule has 4 rings (SSSR count). The van der Waals surface area contributed by atoms with Gasteiger partial charge in [0.15, 0.2) is 0 Å². The van der Waals surface area contributed by atoms with Gasteiger partial charge in [0.1, 0.15) is 0 Å². The van der Waals surface area contributed by atoms with Crippen LogP contribution < -0.4 is 15.8 Å². The first-order valence-corrected chi connectivity index (χ1v) is 14.6. The Kier molecular flexibility index (Phi) is 10.1. The van der Waals surface area contributed by atoms with E-state index in [-0.39, 0.29) is 17.9 Å². The Bertz CT molecular complexity index is 1270. The highest BCUT2D eigenvalue weighted by Gasteiger charge is 2.31. The second-order valence-corrected chi connectivity index (χ2v) is 11.5. The molecule has 0 spiro atoms. The number of carbonyl (C=O) groups excluding carboxylic acids is 2. The van der Waals surface area contributed by atoms with Crippen LogP contribution in [0.5, 0.6) is 0 Å². The first-order chi connectivity index (χ1) is 18.7. The molecule has 0 radical (unpaired) electrons. The molecule has 0 bridgehead atoms. The number of amides is 2. The SMILES string of the molecule is CCC/C=c1\ccc(C(=O)NC[C@@H](C)OC2CCC2)c(C)\c1=C\N(C)CC1CN(C(=O)c2ccc(Cl)cc2)C1. The van der Waals surface area contributed by atoms with Gasteiger partial charge in [-0.05, 0) is 80.6 Å². The van der Waals surface area contributed by atoms with Gasteiger partial charge in [-0.15, -0.1) is 0 Å². The summed E-state index contributed by atoms with van der Waals surface area (Å²) in [5.41, 5.74) is 2.34. The van der Waals surface area contributed by atoms with Gasteiger partial charge in [-0.3, -0.25) is 9.59 Å². The van der Waals surface area contributed by atoms with Crippen molar-refractivity contribution in [3.05, 3.63) is 68.5 Å². The number of nitrogens with zero attached hydrogens (tertiary/aromatic N) is 2. The van der Waals surface area contributed by atoms with Crippen LogP contribution in [0.25, 0.3) is 12.3 Å². The molecule has 210 valence electrons. The van der Waals surface area contributed by atoms with E-state index in [9.17, 15) is 9.59 Å². The number of rotatable bonds is 11. The van der Waals surface area contributed by atoms with Gasteiger partial charge in [0, 0.05) is 66.7 Å². The Morgan fingerprint density at radius 1 is 1.18 bits per heavy atom. The third kappa shape index (κ3) is 7.64. The molecule has 1 aliphatic carbocycles. The Morgan fingerprint density at radius 2 is 1.90 bits per heavy atom. The van der Waals surface area contributed by atoms with Crippen molar-refractivity contribution in [2.24, 2.45) is 5.92 Å². The molecule has 1 N–H and O–H groups in total.